The third-order valence-electron chi connectivity index (χ3n) is 6.92. The second kappa shape index (κ2) is 7.02. The molecule has 136 valence electrons. The summed E-state index contributed by atoms with van der Waals surface area (Å²) in [6.45, 7) is 0.674. The molecule has 0 aliphatic heterocycles. The summed E-state index contributed by atoms with van der Waals surface area (Å²) in [7, 11) is 0. The first-order valence-corrected chi connectivity index (χ1v) is 15.6. The first-order chi connectivity index (χ1) is 12.7. The molecule has 0 radical (unpaired) electrons. The van der Waals surface area contributed by atoms with Crippen LogP contribution in [0.5, 0.6) is 5.75 Å². The third-order valence-corrected chi connectivity index (χ3v) is 10.2. The van der Waals surface area contributed by atoms with Crippen molar-refractivity contribution in [3.63, 3.8) is 0 Å². The fourth-order valence-electron chi connectivity index (χ4n) is 6.30. The standard InChI is InChI=1S/C23H26OSe2/c25-26-20-6-7-21(22(11-20)24-15-16-4-2-1-3-5-16)23-12-17-8-18(13-23)10-19(9-17)14-23/h1-7,11,17-19,26H,8-10,12-15H2. The monoisotopic (exact) mass is 478 g/mol. The maximum atomic E-state index is 6.46. The summed E-state index contributed by atoms with van der Waals surface area (Å²) in [5.41, 5.74) is 3.17. The van der Waals surface area contributed by atoms with Gasteiger partial charge < -0.3 is 0 Å². The molecule has 4 bridgehead atoms. The van der Waals surface area contributed by atoms with Crippen molar-refractivity contribution >= 4 is 30.7 Å². The third kappa shape index (κ3) is 3.18. The zero-order valence-corrected chi connectivity index (χ0v) is 18.7. The molecule has 0 amide bonds. The molecule has 6 rings (SSSR count). The van der Waals surface area contributed by atoms with Crippen LogP contribution in [0, 0.1) is 17.8 Å². The van der Waals surface area contributed by atoms with Gasteiger partial charge >= 0.3 is 169 Å². The van der Waals surface area contributed by atoms with Crippen LogP contribution < -0.4 is 9.20 Å². The van der Waals surface area contributed by atoms with E-state index in [1.54, 1.807) is 0 Å². The first-order valence-electron chi connectivity index (χ1n) is 9.89. The van der Waals surface area contributed by atoms with Crippen LogP contribution in [0.25, 0.3) is 0 Å². The average molecular weight is 476 g/mol. The normalized spacial score (nSPS) is 31.9. The topological polar surface area (TPSA) is 9.23 Å². The molecule has 0 atom stereocenters. The van der Waals surface area contributed by atoms with Crippen molar-refractivity contribution in [1.29, 1.82) is 0 Å². The molecule has 0 aromatic heterocycles. The first kappa shape index (κ1) is 17.4. The quantitative estimate of drug-likeness (QED) is 0.596. The van der Waals surface area contributed by atoms with E-state index in [1.807, 2.05) is 0 Å². The molecule has 0 heterocycles. The van der Waals surface area contributed by atoms with Gasteiger partial charge in [0.1, 0.15) is 0 Å². The fraction of sp³-hybridized carbons (Fsp3) is 0.478. The summed E-state index contributed by atoms with van der Waals surface area (Å²) in [6, 6.07) is 17.7. The van der Waals surface area contributed by atoms with Crippen LogP contribution in [0.1, 0.15) is 49.7 Å². The zero-order valence-electron chi connectivity index (χ0n) is 15.1. The minimum atomic E-state index is 0.117. The van der Waals surface area contributed by atoms with E-state index in [0.29, 0.717) is 12.0 Å². The second-order valence-electron chi connectivity index (χ2n) is 8.74. The van der Waals surface area contributed by atoms with Gasteiger partial charge in [0.2, 0.25) is 0 Å². The van der Waals surface area contributed by atoms with Crippen molar-refractivity contribution in [3.8, 4) is 5.75 Å². The van der Waals surface area contributed by atoms with E-state index in [1.165, 1.54) is 59.9 Å². The van der Waals surface area contributed by atoms with E-state index in [0.717, 1.165) is 17.8 Å². The Bertz CT molecular complexity index is 779. The molecule has 0 spiro atoms. The van der Waals surface area contributed by atoms with E-state index in [4.69, 9.17) is 4.74 Å². The van der Waals surface area contributed by atoms with Gasteiger partial charge in [-0.15, -0.1) is 0 Å². The van der Waals surface area contributed by atoms with E-state index in [2.05, 4.69) is 62.2 Å². The predicted octanol–water partition coefficient (Wildman–Crippen LogP) is 3.88. The van der Waals surface area contributed by atoms with E-state index >= 15 is 0 Å². The molecular weight excluding hydrogens is 450 g/mol. The molecule has 0 unspecified atom stereocenters. The van der Waals surface area contributed by atoms with Crippen molar-refractivity contribution in [3.05, 3.63) is 59.7 Å². The number of hydrogen-bond acceptors (Lipinski definition) is 1. The van der Waals surface area contributed by atoms with Gasteiger partial charge in [0.05, 0.1) is 0 Å². The Morgan fingerprint density at radius 1 is 0.923 bits per heavy atom. The number of rotatable bonds is 5. The van der Waals surface area contributed by atoms with Crippen LogP contribution >= 0.6 is 0 Å². The molecule has 26 heavy (non-hydrogen) atoms. The minimum absolute atomic E-state index is 0.117. The van der Waals surface area contributed by atoms with Crippen molar-refractivity contribution in [1.82, 2.24) is 0 Å². The van der Waals surface area contributed by atoms with E-state index in [-0.39, 0.29) is 12.6 Å². The van der Waals surface area contributed by atoms with Gasteiger partial charge in [0.25, 0.3) is 0 Å². The summed E-state index contributed by atoms with van der Waals surface area (Å²) >= 11 is 3.37. The Balaban J connectivity index is 1.49. The molecule has 4 fully saturated rings. The molecule has 0 N–H and O–H groups in total. The number of ether oxygens (including phenoxy) is 1. The van der Waals surface area contributed by atoms with Gasteiger partial charge in [-0.25, -0.2) is 0 Å². The molecule has 2 aromatic rings. The molecule has 2 aromatic carbocycles. The molecule has 0 saturated heterocycles. The zero-order chi connectivity index (χ0) is 17.6. The van der Waals surface area contributed by atoms with Crippen LogP contribution in [0.2, 0.25) is 0 Å². The SMILES string of the molecule is [Se]=[SeH]c1ccc(C23CC4CC(CC(C4)C2)C3)c(OCc2ccccc2)c1. The second-order valence-corrected chi connectivity index (χ2v) is 12.2. The number of hydrogen-bond donors (Lipinski definition) is 0. The van der Waals surface area contributed by atoms with Crippen molar-refractivity contribution in [2.24, 2.45) is 17.8 Å². The molecular formula is C23H26OSe2. The molecule has 4 aliphatic carbocycles. The van der Waals surface area contributed by atoms with Crippen LogP contribution in [-0.2, 0) is 12.0 Å². The Kier molecular flexibility index (Phi) is 4.70. The van der Waals surface area contributed by atoms with Crippen LogP contribution in [-0.4, -0.2) is 26.3 Å². The van der Waals surface area contributed by atoms with E-state index < -0.39 is 0 Å². The fourth-order valence-corrected chi connectivity index (χ4v) is 8.18. The Morgan fingerprint density at radius 3 is 2.19 bits per heavy atom. The van der Waals surface area contributed by atoms with Crippen molar-refractivity contribution < 1.29 is 4.74 Å². The summed E-state index contributed by atoms with van der Waals surface area (Å²) in [6.07, 6.45) is 8.66. The van der Waals surface area contributed by atoms with Crippen molar-refractivity contribution in [2.45, 2.75) is 50.5 Å². The van der Waals surface area contributed by atoms with E-state index in [9.17, 15) is 0 Å². The van der Waals surface area contributed by atoms with Gasteiger partial charge in [0.15, 0.2) is 0 Å². The van der Waals surface area contributed by atoms with Crippen molar-refractivity contribution in [2.75, 3.05) is 0 Å². The predicted molar refractivity (Wildman–Crippen MR) is 110 cm³/mol. The number of benzene rings is 2. The molecule has 4 aliphatic rings. The molecule has 4 saturated carbocycles. The molecule has 1 nitrogen and oxygen atoms in total. The van der Waals surface area contributed by atoms with Gasteiger partial charge in [-0.3, -0.25) is 0 Å². The summed E-state index contributed by atoms with van der Waals surface area (Å²) in [5.74, 6) is 4.06. The van der Waals surface area contributed by atoms with Crippen LogP contribution in [0.4, 0.5) is 0 Å². The Labute approximate surface area is 168 Å². The van der Waals surface area contributed by atoms with Gasteiger partial charge in [-0.05, 0) is 0 Å². The summed E-state index contributed by atoms with van der Waals surface area (Å²) in [4.78, 5) is 0. The van der Waals surface area contributed by atoms with Crippen LogP contribution in [0.15, 0.2) is 48.5 Å². The van der Waals surface area contributed by atoms with Crippen LogP contribution in [0.3, 0.4) is 0 Å². The Morgan fingerprint density at radius 2 is 1.58 bits per heavy atom. The summed E-state index contributed by atoms with van der Waals surface area (Å²) < 4.78 is 7.88. The van der Waals surface area contributed by atoms with Gasteiger partial charge in [-0.2, -0.15) is 0 Å². The summed E-state index contributed by atoms with van der Waals surface area (Å²) in [5, 5.41) is 0. The Hall–Kier alpha value is -0.721. The molecule has 3 heteroatoms. The van der Waals surface area contributed by atoms with Gasteiger partial charge in [-0.1, -0.05) is 0 Å². The maximum absolute atomic E-state index is 6.46. The average Bonchev–Trinajstić information content (AvgIpc) is 2.66. The van der Waals surface area contributed by atoms with Gasteiger partial charge in [0, 0.05) is 0 Å².